The van der Waals surface area contributed by atoms with E-state index in [0.717, 1.165) is 25.0 Å². The SMILES string of the molecule is CCCC(C)c1cc(NS(=O)(=O)c2ccc3c(c2)OCCCO3)n[nH]1. The highest BCUT2D eigenvalue weighted by Gasteiger charge is 2.20. The second-order valence-electron chi connectivity index (χ2n) is 6.16. The number of aromatic nitrogens is 2. The third-order valence-electron chi connectivity index (χ3n) is 4.12. The molecule has 1 aromatic carbocycles. The van der Waals surface area contributed by atoms with Crippen LogP contribution in [0.25, 0.3) is 0 Å². The smallest absolute Gasteiger partial charge is 0.263 e. The quantitative estimate of drug-likeness (QED) is 0.819. The van der Waals surface area contributed by atoms with Crippen molar-refractivity contribution >= 4 is 15.8 Å². The molecule has 8 heteroatoms. The summed E-state index contributed by atoms with van der Waals surface area (Å²) >= 11 is 0. The highest BCUT2D eigenvalue weighted by molar-refractivity contribution is 7.92. The number of nitrogens with zero attached hydrogens (tertiary/aromatic N) is 1. The molecule has 1 aromatic heterocycles. The number of aromatic amines is 1. The van der Waals surface area contributed by atoms with Gasteiger partial charge in [-0.3, -0.25) is 9.82 Å². The van der Waals surface area contributed by atoms with Gasteiger partial charge in [-0.1, -0.05) is 20.3 Å². The molecule has 0 fully saturated rings. The van der Waals surface area contributed by atoms with Gasteiger partial charge in [0.25, 0.3) is 10.0 Å². The topological polar surface area (TPSA) is 93.3 Å². The minimum absolute atomic E-state index is 0.114. The van der Waals surface area contributed by atoms with Crippen molar-refractivity contribution in [2.45, 2.75) is 43.9 Å². The van der Waals surface area contributed by atoms with Gasteiger partial charge in [-0.15, -0.1) is 0 Å². The Hall–Kier alpha value is -2.22. The number of rotatable bonds is 6. The van der Waals surface area contributed by atoms with Crippen LogP contribution in [-0.2, 0) is 10.0 Å². The van der Waals surface area contributed by atoms with Gasteiger partial charge in [0.15, 0.2) is 17.3 Å². The van der Waals surface area contributed by atoms with Gasteiger partial charge in [-0.05, 0) is 24.5 Å². The van der Waals surface area contributed by atoms with Gasteiger partial charge in [0.1, 0.15) is 0 Å². The largest absolute Gasteiger partial charge is 0.490 e. The fourth-order valence-corrected chi connectivity index (χ4v) is 3.74. The standard InChI is InChI=1S/C17H23N3O4S/c1-3-5-12(2)14-11-17(19-18-14)20-25(21,22)13-6-7-15-16(10-13)24-9-4-8-23-15/h6-7,10-12H,3-5,8-9H2,1-2H3,(H2,18,19,20). The monoisotopic (exact) mass is 365 g/mol. The van der Waals surface area contributed by atoms with Crippen molar-refractivity contribution in [2.24, 2.45) is 0 Å². The molecule has 0 bridgehead atoms. The minimum atomic E-state index is -3.75. The van der Waals surface area contributed by atoms with Gasteiger partial charge in [0.2, 0.25) is 0 Å². The molecule has 0 spiro atoms. The summed E-state index contributed by atoms with van der Waals surface area (Å²) in [5.74, 6) is 1.59. The molecule has 1 unspecified atom stereocenters. The van der Waals surface area contributed by atoms with Crippen molar-refractivity contribution in [2.75, 3.05) is 17.9 Å². The molecule has 0 radical (unpaired) electrons. The third kappa shape index (κ3) is 4.07. The van der Waals surface area contributed by atoms with E-state index in [9.17, 15) is 8.42 Å². The van der Waals surface area contributed by atoms with E-state index in [-0.39, 0.29) is 10.7 Å². The number of ether oxygens (including phenoxy) is 2. The number of sulfonamides is 1. The summed E-state index contributed by atoms with van der Waals surface area (Å²) in [5.41, 5.74) is 0.915. The van der Waals surface area contributed by atoms with Crippen LogP contribution in [-0.4, -0.2) is 31.8 Å². The number of hydrogen-bond donors (Lipinski definition) is 2. The maximum atomic E-state index is 12.6. The number of H-pyrrole nitrogens is 1. The van der Waals surface area contributed by atoms with Crippen LogP contribution in [0.5, 0.6) is 11.5 Å². The number of benzene rings is 1. The lowest BCUT2D eigenvalue weighted by molar-refractivity contribution is 0.297. The molecule has 1 atom stereocenters. The summed E-state index contributed by atoms with van der Waals surface area (Å²) in [4.78, 5) is 0.114. The molecule has 0 amide bonds. The first-order valence-corrected chi connectivity index (χ1v) is 9.95. The normalized spacial score (nSPS) is 15.4. The van der Waals surface area contributed by atoms with E-state index in [4.69, 9.17) is 9.47 Å². The van der Waals surface area contributed by atoms with Crippen LogP contribution in [0.4, 0.5) is 5.82 Å². The Kier molecular flexibility index (Phi) is 5.17. The Labute approximate surface area is 147 Å². The molecule has 136 valence electrons. The molecule has 0 saturated carbocycles. The maximum absolute atomic E-state index is 12.6. The Morgan fingerprint density at radius 2 is 2.00 bits per heavy atom. The number of hydrogen-bond acceptors (Lipinski definition) is 5. The number of fused-ring (bicyclic) bond motifs is 1. The van der Waals surface area contributed by atoms with Crippen molar-refractivity contribution in [3.63, 3.8) is 0 Å². The maximum Gasteiger partial charge on any atom is 0.263 e. The van der Waals surface area contributed by atoms with E-state index >= 15 is 0 Å². The molecule has 2 heterocycles. The second kappa shape index (κ2) is 7.35. The molecule has 0 saturated heterocycles. The Morgan fingerprint density at radius 3 is 2.76 bits per heavy atom. The van der Waals surface area contributed by atoms with Crippen molar-refractivity contribution in [1.29, 1.82) is 0 Å². The van der Waals surface area contributed by atoms with E-state index < -0.39 is 10.0 Å². The number of nitrogens with one attached hydrogen (secondary N) is 2. The van der Waals surface area contributed by atoms with E-state index in [1.165, 1.54) is 12.1 Å². The summed E-state index contributed by atoms with van der Waals surface area (Å²) in [6.07, 6.45) is 2.83. The zero-order valence-electron chi connectivity index (χ0n) is 14.4. The van der Waals surface area contributed by atoms with Crippen LogP contribution in [0.1, 0.15) is 44.7 Å². The van der Waals surface area contributed by atoms with Crippen molar-refractivity contribution in [1.82, 2.24) is 10.2 Å². The average molecular weight is 365 g/mol. The van der Waals surface area contributed by atoms with Crippen molar-refractivity contribution < 1.29 is 17.9 Å². The highest BCUT2D eigenvalue weighted by atomic mass is 32.2. The molecule has 3 rings (SSSR count). The molecule has 1 aliphatic heterocycles. The summed E-state index contributed by atoms with van der Waals surface area (Å²) in [5, 5.41) is 6.96. The first-order valence-electron chi connectivity index (χ1n) is 8.47. The van der Waals surface area contributed by atoms with Gasteiger partial charge in [-0.2, -0.15) is 5.10 Å². The number of anilines is 1. The molecular formula is C17H23N3O4S. The molecule has 7 nitrogen and oxygen atoms in total. The first kappa shape index (κ1) is 17.6. The van der Waals surface area contributed by atoms with Crippen LogP contribution in [0.3, 0.4) is 0 Å². The second-order valence-corrected chi connectivity index (χ2v) is 7.85. The van der Waals surface area contributed by atoms with Crippen LogP contribution >= 0.6 is 0 Å². The fourth-order valence-electron chi connectivity index (χ4n) is 2.74. The molecule has 1 aliphatic rings. The van der Waals surface area contributed by atoms with Crippen LogP contribution < -0.4 is 14.2 Å². The predicted molar refractivity (Wildman–Crippen MR) is 94.8 cm³/mol. The zero-order valence-corrected chi connectivity index (χ0v) is 15.2. The summed E-state index contributed by atoms with van der Waals surface area (Å²) in [6, 6.07) is 6.34. The van der Waals surface area contributed by atoms with Crippen molar-refractivity contribution in [3.05, 3.63) is 30.0 Å². The lowest BCUT2D eigenvalue weighted by Gasteiger charge is -2.10. The molecule has 25 heavy (non-hydrogen) atoms. The van der Waals surface area contributed by atoms with Gasteiger partial charge in [0.05, 0.1) is 18.1 Å². The summed E-state index contributed by atoms with van der Waals surface area (Å²) in [6.45, 7) is 5.25. The van der Waals surface area contributed by atoms with Gasteiger partial charge < -0.3 is 9.47 Å². The summed E-state index contributed by atoms with van der Waals surface area (Å²) < 4.78 is 38.8. The van der Waals surface area contributed by atoms with E-state index in [2.05, 4.69) is 28.8 Å². The lowest BCUT2D eigenvalue weighted by atomic mass is 10.0. The molecular weight excluding hydrogens is 342 g/mol. The minimum Gasteiger partial charge on any atom is -0.490 e. The van der Waals surface area contributed by atoms with Crippen LogP contribution in [0, 0.1) is 0 Å². The summed E-state index contributed by atoms with van der Waals surface area (Å²) in [7, 11) is -3.75. The van der Waals surface area contributed by atoms with Gasteiger partial charge in [-0.25, -0.2) is 8.42 Å². The third-order valence-corrected chi connectivity index (χ3v) is 5.47. The lowest BCUT2D eigenvalue weighted by Crippen LogP contribution is -2.13. The molecule has 2 aromatic rings. The Bertz CT molecular complexity index is 832. The zero-order chi connectivity index (χ0) is 17.9. The van der Waals surface area contributed by atoms with Gasteiger partial charge >= 0.3 is 0 Å². The van der Waals surface area contributed by atoms with Crippen molar-refractivity contribution in [3.8, 4) is 11.5 Å². The average Bonchev–Trinajstić information content (AvgIpc) is 2.90. The fraction of sp³-hybridized carbons (Fsp3) is 0.471. The Morgan fingerprint density at radius 1 is 1.24 bits per heavy atom. The van der Waals surface area contributed by atoms with Crippen LogP contribution in [0.2, 0.25) is 0 Å². The highest BCUT2D eigenvalue weighted by Crippen LogP contribution is 2.32. The van der Waals surface area contributed by atoms with Crippen LogP contribution in [0.15, 0.2) is 29.2 Å². The predicted octanol–water partition coefficient (Wildman–Crippen LogP) is 3.28. The molecule has 2 N–H and O–H groups in total. The van der Waals surface area contributed by atoms with E-state index in [1.807, 2.05) is 0 Å². The molecule has 0 aliphatic carbocycles. The Balaban J connectivity index is 1.79. The van der Waals surface area contributed by atoms with Gasteiger partial charge in [0, 0.05) is 24.2 Å². The van der Waals surface area contributed by atoms with E-state index in [0.29, 0.717) is 30.6 Å². The first-order chi connectivity index (χ1) is 12.0. The van der Waals surface area contributed by atoms with E-state index in [1.54, 1.807) is 12.1 Å².